The van der Waals surface area contributed by atoms with Gasteiger partial charge in [0.2, 0.25) is 0 Å². The van der Waals surface area contributed by atoms with Crippen LogP contribution in [0.1, 0.15) is 45.1 Å². The molecule has 3 nitrogen and oxygen atoms in total. The molecule has 1 aromatic carbocycles. The summed E-state index contributed by atoms with van der Waals surface area (Å²) in [6.45, 7) is 6.16. The highest BCUT2D eigenvalue weighted by Gasteiger charge is 2.11. The summed E-state index contributed by atoms with van der Waals surface area (Å²) in [4.78, 5) is 14.0. The molecule has 0 aliphatic rings. The Morgan fingerprint density at radius 1 is 1.20 bits per heavy atom. The van der Waals surface area contributed by atoms with Gasteiger partial charge < -0.3 is 10.2 Å². The second kappa shape index (κ2) is 9.34. The van der Waals surface area contributed by atoms with Crippen LogP contribution < -0.4 is 5.32 Å². The van der Waals surface area contributed by atoms with E-state index in [1.54, 1.807) is 6.07 Å². The van der Waals surface area contributed by atoms with Gasteiger partial charge in [-0.05, 0) is 30.5 Å². The standard InChI is InChI=1S/C16H25FN2O/c1-3-5-10-19(11-6-4-2)16(20)18-13-14-8-7-9-15(17)12-14/h7-9,12H,3-6,10-11,13H2,1-2H3,(H,18,20). The maximum Gasteiger partial charge on any atom is 0.317 e. The van der Waals surface area contributed by atoms with E-state index in [4.69, 9.17) is 0 Å². The van der Waals surface area contributed by atoms with Crippen molar-refractivity contribution in [3.05, 3.63) is 35.6 Å². The summed E-state index contributed by atoms with van der Waals surface area (Å²) in [5, 5.41) is 2.86. The van der Waals surface area contributed by atoms with Crippen LogP contribution in [0.2, 0.25) is 0 Å². The van der Waals surface area contributed by atoms with Gasteiger partial charge in [0.05, 0.1) is 0 Å². The van der Waals surface area contributed by atoms with Crippen molar-refractivity contribution in [3.8, 4) is 0 Å². The van der Waals surface area contributed by atoms with Crippen molar-refractivity contribution in [2.75, 3.05) is 13.1 Å². The molecule has 1 N–H and O–H groups in total. The Morgan fingerprint density at radius 2 is 1.85 bits per heavy atom. The van der Waals surface area contributed by atoms with Crippen LogP contribution in [-0.2, 0) is 6.54 Å². The van der Waals surface area contributed by atoms with Crippen LogP contribution in [0.15, 0.2) is 24.3 Å². The largest absolute Gasteiger partial charge is 0.334 e. The van der Waals surface area contributed by atoms with E-state index in [9.17, 15) is 9.18 Å². The van der Waals surface area contributed by atoms with Crippen LogP contribution in [-0.4, -0.2) is 24.0 Å². The number of hydrogen-bond acceptors (Lipinski definition) is 1. The van der Waals surface area contributed by atoms with Crippen LogP contribution in [0.25, 0.3) is 0 Å². The van der Waals surface area contributed by atoms with Crippen molar-refractivity contribution in [2.24, 2.45) is 0 Å². The van der Waals surface area contributed by atoms with Crippen molar-refractivity contribution >= 4 is 6.03 Å². The normalized spacial score (nSPS) is 10.3. The first-order chi connectivity index (χ1) is 9.67. The second-order valence-corrected chi connectivity index (χ2v) is 4.98. The maximum absolute atomic E-state index is 13.1. The number of rotatable bonds is 8. The quantitative estimate of drug-likeness (QED) is 0.768. The summed E-state index contributed by atoms with van der Waals surface area (Å²) in [7, 11) is 0. The molecule has 0 aromatic heterocycles. The number of carbonyl (C=O) groups is 1. The Kier molecular flexibility index (Phi) is 7.70. The molecule has 0 spiro atoms. The fourth-order valence-electron chi connectivity index (χ4n) is 1.95. The average Bonchev–Trinajstić information content (AvgIpc) is 2.45. The van der Waals surface area contributed by atoms with Crippen LogP contribution >= 0.6 is 0 Å². The van der Waals surface area contributed by atoms with Crippen LogP contribution in [0.3, 0.4) is 0 Å². The van der Waals surface area contributed by atoms with E-state index >= 15 is 0 Å². The molecule has 20 heavy (non-hydrogen) atoms. The molecule has 0 fully saturated rings. The van der Waals surface area contributed by atoms with Gasteiger partial charge in [-0.2, -0.15) is 0 Å². The number of unbranched alkanes of at least 4 members (excludes halogenated alkanes) is 2. The van der Waals surface area contributed by atoms with Crippen LogP contribution in [0.5, 0.6) is 0 Å². The molecular weight excluding hydrogens is 255 g/mol. The maximum atomic E-state index is 13.1. The summed E-state index contributed by atoms with van der Waals surface area (Å²) in [6, 6.07) is 6.26. The van der Waals surface area contributed by atoms with Gasteiger partial charge >= 0.3 is 6.03 Å². The SMILES string of the molecule is CCCCN(CCCC)C(=O)NCc1cccc(F)c1. The van der Waals surface area contributed by atoms with Gasteiger partial charge in [0.15, 0.2) is 0 Å². The number of amides is 2. The Bertz CT molecular complexity index is 401. The lowest BCUT2D eigenvalue weighted by atomic mass is 10.2. The lowest BCUT2D eigenvalue weighted by Crippen LogP contribution is -2.40. The van der Waals surface area contributed by atoms with E-state index in [1.807, 2.05) is 11.0 Å². The highest BCUT2D eigenvalue weighted by Crippen LogP contribution is 2.04. The van der Waals surface area contributed by atoms with Gasteiger partial charge in [-0.1, -0.05) is 38.8 Å². The minimum absolute atomic E-state index is 0.0591. The summed E-state index contributed by atoms with van der Waals surface area (Å²) in [6.07, 6.45) is 4.16. The predicted molar refractivity (Wildman–Crippen MR) is 80.0 cm³/mol. The monoisotopic (exact) mass is 280 g/mol. The molecule has 4 heteroatoms. The van der Waals surface area contributed by atoms with Gasteiger partial charge in [-0.25, -0.2) is 9.18 Å². The molecule has 0 heterocycles. The van der Waals surface area contributed by atoms with E-state index < -0.39 is 0 Å². The number of nitrogens with zero attached hydrogens (tertiary/aromatic N) is 1. The topological polar surface area (TPSA) is 32.3 Å². The third-order valence-corrected chi connectivity index (χ3v) is 3.18. The van der Waals surface area contributed by atoms with E-state index in [1.165, 1.54) is 12.1 Å². The van der Waals surface area contributed by atoms with Gasteiger partial charge in [0, 0.05) is 19.6 Å². The third-order valence-electron chi connectivity index (χ3n) is 3.18. The predicted octanol–water partition coefficient (Wildman–Crippen LogP) is 3.94. The Labute approximate surface area is 121 Å². The number of benzene rings is 1. The van der Waals surface area contributed by atoms with Crippen molar-refractivity contribution in [2.45, 2.75) is 46.1 Å². The minimum atomic E-state index is -0.273. The Morgan fingerprint density at radius 3 is 2.40 bits per heavy atom. The van der Waals surface area contributed by atoms with Crippen molar-refractivity contribution in [3.63, 3.8) is 0 Å². The zero-order chi connectivity index (χ0) is 14.8. The molecule has 0 saturated carbocycles. The smallest absolute Gasteiger partial charge is 0.317 e. The molecule has 112 valence electrons. The molecule has 1 aromatic rings. The average molecular weight is 280 g/mol. The molecule has 2 amide bonds. The molecule has 0 atom stereocenters. The summed E-state index contributed by atoms with van der Waals surface area (Å²) < 4.78 is 13.1. The van der Waals surface area contributed by atoms with Crippen molar-refractivity contribution in [1.29, 1.82) is 0 Å². The van der Waals surface area contributed by atoms with Gasteiger partial charge in [0.25, 0.3) is 0 Å². The van der Waals surface area contributed by atoms with E-state index in [0.29, 0.717) is 6.54 Å². The first-order valence-corrected chi connectivity index (χ1v) is 7.44. The van der Waals surface area contributed by atoms with Crippen LogP contribution in [0, 0.1) is 5.82 Å². The molecule has 0 bridgehead atoms. The molecule has 0 aliphatic carbocycles. The molecule has 1 rings (SSSR count). The Balaban J connectivity index is 2.47. The number of carbonyl (C=O) groups excluding carboxylic acids is 1. The van der Waals surface area contributed by atoms with E-state index in [0.717, 1.165) is 44.3 Å². The summed E-state index contributed by atoms with van der Waals surface area (Å²) in [5.74, 6) is -0.273. The number of urea groups is 1. The second-order valence-electron chi connectivity index (χ2n) is 4.98. The highest BCUT2D eigenvalue weighted by molar-refractivity contribution is 5.74. The summed E-state index contributed by atoms with van der Waals surface area (Å²) in [5.41, 5.74) is 0.782. The minimum Gasteiger partial charge on any atom is -0.334 e. The first kappa shape index (κ1) is 16.5. The summed E-state index contributed by atoms with van der Waals surface area (Å²) >= 11 is 0. The van der Waals surface area contributed by atoms with Crippen molar-refractivity contribution in [1.82, 2.24) is 10.2 Å². The molecule has 0 saturated heterocycles. The molecular formula is C16H25FN2O. The lowest BCUT2D eigenvalue weighted by Gasteiger charge is -2.22. The van der Waals surface area contributed by atoms with Gasteiger partial charge in [-0.3, -0.25) is 0 Å². The zero-order valence-corrected chi connectivity index (χ0v) is 12.5. The zero-order valence-electron chi connectivity index (χ0n) is 12.5. The number of halogens is 1. The fraction of sp³-hybridized carbons (Fsp3) is 0.562. The van der Waals surface area contributed by atoms with Gasteiger partial charge in [-0.15, -0.1) is 0 Å². The van der Waals surface area contributed by atoms with Crippen molar-refractivity contribution < 1.29 is 9.18 Å². The molecule has 0 aliphatic heterocycles. The Hall–Kier alpha value is -1.58. The van der Waals surface area contributed by atoms with E-state index in [2.05, 4.69) is 19.2 Å². The third kappa shape index (κ3) is 6.04. The lowest BCUT2D eigenvalue weighted by molar-refractivity contribution is 0.195. The molecule has 0 radical (unpaired) electrons. The molecule has 0 unspecified atom stereocenters. The van der Waals surface area contributed by atoms with Gasteiger partial charge in [0.1, 0.15) is 5.82 Å². The number of nitrogens with one attached hydrogen (secondary N) is 1. The fourth-order valence-corrected chi connectivity index (χ4v) is 1.95. The number of hydrogen-bond donors (Lipinski definition) is 1. The first-order valence-electron chi connectivity index (χ1n) is 7.44. The van der Waals surface area contributed by atoms with Crippen LogP contribution in [0.4, 0.5) is 9.18 Å². The highest BCUT2D eigenvalue weighted by atomic mass is 19.1. The van der Waals surface area contributed by atoms with E-state index in [-0.39, 0.29) is 11.8 Å².